The Kier molecular flexibility index (Phi) is 6.53. The Labute approximate surface area is 166 Å². The Morgan fingerprint density at radius 2 is 1.68 bits per heavy atom. The molecule has 28 heavy (non-hydrogen) atoms. The lowest BCUT2D eigenvalue weighted by Crippen LogP contribution is -2.46. The highest BCUT2D eigenvalue weighted by Crippen LogP contribution is 2.18. The van der Waals surface area contributed by atoms with Crippen molar-refractivity contribution in [3.63, 3.8) is 0 Å². The Morgan fingerprint density at radius 3 is 2.29 bits per heavy atom. The van der Waals surface area contributed by atoms with Gasteiger partial charge in [-0.25, -0.2) is 4.79 Å². The Morgan fingerprint density at radius 1 is 1.04 bits per heavy atom. The third-order valence-electron chi connectivity index (χ3n) is 4.83. The van der Waals surface area contributed by atoms with Crippen LogP contribution in [0.5, 0.6) is 5.75 Å². The third kappa shape index (κ3) is 5.25. The molecule has 3 rings (SSSR count). The van der Waals surface area contributed by atoms with Gasteiger partial charge in [-0.3, -0.25) is 4.79 Å². The van der Waals surface area contributed by atoms with Crippen molar-refractivity contribution in [2.24, 2.45) is 0 Å². The molecule has 0 saturated carbocycles. The average molecular weight is 381 g/mol. The van der Waals surface area contributed by atoms with E-state index in [0.29, 0.717) is 25.2 Å². The number of nitrogens with zero attached hydrogens (tertiary/aromatic N) is 2. The predicted molar refractivity (Wildman–Crippen MR) is 108 cm³/mol. The zero-order chi connectivity index (χ0) is 19.9. The molecule has 0 radical (unpaired) electrons. The van der Waals surface area contributed by atoms with Gasteiger partial charge in [0.15, 0.2) is 0 Å². The number of likely N-dealkylation sites (tertiary alicyclic amines) is 1. The van der Waals surface area contributed by atoms with Crippen molar-refractivity contribution in [2.75, 3.05) is 27.2 Å². The summed E-state index contributed by atoms with van der Waals surface area (Å²) in [7, 11) is 3.45. The van der Waals surface area contributed by atoms with E-state index in [0.717, 1.165) is 24.2 Å². The molecule has 1 N–H and O–H groups in total. The molecule has 2 aromatic rings. The quantitative estimate of drug-likeness (QED) is 0.866. The standard InChI is InChI=1S/C22H27N3O3/c1-24(2)21(26)18-10-8-17(9-11-18)16-23-22(27)25-14-12-20(13-15-25)28-19-6-4-3-5-7-19/h3-11,20H,12-16H2,1-2H3,(H,23,27). The largest absolute Gasteiger partial charge is 0.490 e. The van der Waals surface area contributed by atoms with E-state index in [1.54, 1.807) is 31.1 Å². The fourth-order valence-electron chi connectivity index (χ4n) is 3.18. The monoisotopic (exact) mass is 381 g/mol. The Hall–Kier alpha value is -3.02. The summed E-state index contributed by atoms with van der Waals surface area (Å²) < 4.78 is 5.97. The first-order valence-electron chi connectivity index (χ1n) is 9.58. The van der Waals surface area contributed by atoms with E-state index in [4.69, 9.17) is 4.74 Å². The molecule has 0 aromatic heterocycles. The first-order chi connectivity index (χ1) is 13.5. The number of carbonyl (C=O) groups is 2. The molecule has 0 aliphatic carbocycles. The molecule has 3 amide bonds. The zero-order valence-electron chi connectivity index (χ0n) is 16.4. The van der Waals surface area contributed by atoms with Crippen LogP contribution in [-0.4, -0.2) is 55.0 Å². The number of hydrogen-bond acceptors (Lipinski definition) is 3. The fourth-order valence-corrected chi connectivity index (χ4v) is 3.18. The van der Waals surface area contributed by atoms with E-state index in [9.17, 15) is 9.59 Å². The Balaban J connectivity index is 1.43. The van der Waals surface area contributed by atoms with Crippen LogP contribution in [0, 0.1) is 0 Å². The average Bonchev–Trinajstić information content (AvgIpc) is 2.73. The van der Waals surface area contributed by atoms with Crippen LogP contribution in [0.3, 0.4) is 0 Å². The summed E-state index contributed by atoms with van der Waals surface area (Å²) in [6, 6.07) is 17.1. The lowest BCUT2D eigenvalue weighted by Gasteiger charge is -2.32. The first-order valence-corrected chi connectivity index (χ1v) is 9.58. The van der Waals surface area contributed by atoms with Crippen molar-refractivity contribution in [1.29, 1.82) is 0 Å². The smallest absolute Gasteiger partial charge is 0.317 e. The van der Waals surface area contributed by atoms with Crippen molar-refractivity contribution < 1.29 is 14.3 Å². The summed E-state index contributed by atoms with van der Waals surface area (Å²) in [5.41, 5.74) is 1.60. The zero-order valence-corrected chi connectivity index (χ0v) is 16.4. The fraction of sp³-hybridized carbons (Fsp3) is 0.364. The van der Waals surface area contributed by atoms with Gasteiger partial charge in [-0.15, -0.1) is 0 Å². The molecule has 0 unspecified atom stereocenters. The van der Waals surface area contributed by atoms with Gasteiger partial charge in [0.1, 0.15) is 11.9 Å². The minimum Gasteiger partial charge on any atom is -0.490 e. The van der Waals surface area contributed by atoms with Crippen molar-refractivity contribution >= 4 is 11.9 Å². The number of carbonyl (C=O) groups excluding carboxylic acids is 2. The number of nitrogens with one attached hydrogen (secondary N) is 1. The molecule has 1 aliphatic heterocycles. The van der Waals surface area contributed by atoms with Crippen LogP contribution in [0.1, 0.15) is 28.8 Å². The van der Waals surface area contributed by atoms with Gasteiger partial charge in [-0.1, -0.05) is 30.3 Å². The highest BCUT2D eigenvalue weighted by atomic mass is 16.5. The van der Waals surface area contributed by atoms with Crippen LogP contribution < -0.4 is 10.1 Å². The van der Waals surface area contributed by atoms with Gasteiger partial charge in [-0.05, 0) is 29.8 Å². The second kappa shape index (κ2) is 9.26. The number of para-hydroxylation sites is 1. The van der Waals surface area contributed by atoms with Gasteiger partial charge in [0.25, 0.3) is 5.91 Å². The molecular weight excluding hydrogens is 354 g/mol. The van der Waals surface area contributed by atoms with Gasteiger partial charge in [-0.2, -0.15) is 0 Å². The highest BCUT2D eigenvalue weighted by molar-refractivity contribution is 5.93. The second-order valence-electron chi connectivity index (χ2n) is 7.17. The summed E-state index contributed by atoms with van der Waals surface area (Å²) in [4.78, 5) is 27.7. The molecule has 1 fully saturated rings. The van der Waals surface area contributed by atoms with Crippen LogP contribution in [0.4, 0.5) is 4.79 Å². The molecule has 1 heterocycles. The molecule has 148 valence electrons. The van der Waals surface area contributed by atoms with E-state index < -0.39 is 0 Å². The first kappa shape index (κ1) is 19.7. The van der Waals surface area contributed by atoms with Gasteiger partial charge < -0.3 is 19.9 Å². The van der Waals surface area contributed by atoms with E-state index in [1.807, 2.05) is 47.4 Å². The molecule has 1 aliphatic rings. The van der Waals surface area contributed by atoms with Gasteiger partial charge in [0.2, 0.25) is 0 Å². The SMILES string of the molecule is CN(C)C(=O)c1ccc(CNC(=O)N2CCC(Oc3ccccc3)CC2)cc1. The topological polar surface area (TPSA) is 61.9 Å². The summed E-state index contributed by atoms with van der Waals surface area (Å²) in [5, 5.41) is 2.96. The minimum absolute atomic E-state index is 0.0313. The number of hydrogen-bond donors (Lipinski definition) is 1. The maximum Gasteiger partial charge on any atom is 0.317 e. The number of ether oxygens (including phenoxy) is 1. The molecule has 2 aromatic carbocycles. The van der Waals surface area contributed by atoms with E-state index in [2.05, 4.69) is 5.32 Å². The van der Waals surface area contributed by atoms with Gasteiger partial charge >= 0.3 is 6.03 Å². The van der Waals surface area contributed by atoms with E-state index in [1.165, 1.54) is 0 Å². The molecule has 1 saturated heterocycles. The van der Waals surface area contributed by atoms with Crippen molar-refractivity contribution in [3.8, 4) is 5.75 Å². The van der Waals surface area contributed by atoms with Crippen molar-refractivity contribution in [2.45, 2.75) is 25.5 Å². The second-order valence-corrected chi connectivity index (χ2v) is 7.17. The molecule has 6 nitrogen and oxygen atoms in total. The van der Waals surface area contributed by atoms with Crippen molar-refractivity contribution in [1.82, 2.24) is 15.1 Å². The van der Waals surface area contributed by atoms with Crippen LogP contribution in [0.2, 0.25) is 0 Å². The predicted octanol–water partition coefficient (Wildman–Crippen LogP) is 3.14. The molecule has 6 heteroatoms. The van der Waals surface area contributed by atoms with Gasteiger partial charge in [0.05, 0.1) is 0 Å². The summed E-state index contributed by atoms with van der Waals surface area (Å²) >= 11 is 0. The molecule has 0 bridgehead atoms. The number of piperidine rings is 1. The number of amides is 3. The maximum atomic E-state index is 12.4. The van der Waals surface area contributed by atoms with Crippen molar-refractivity contribution in [3.05, 3.63) is 65.7 Å². The van der Waals surface area contributed by atoms with Gasteiger partial charge in [0, 0.05) is 52.1 Å². The van der Waals surface area contributed by atoms with Crippen LogP contribution in [0.25, 0.3) is 0 Å². The number of urea groups is 1. The summed E-state index contributed by atoms with van der Waals surface area (Å²) in [6.07, 6.45) is 1.79. The highest BCUT2D eigenvalue weighted by Gasteiger charge is 2.23. The minimum atomic E-state index is -0.0633. The molecule has 0 atom stereocenters. The van der Waals surface area contributed by atoms with E-state index >= 15 is 0 Å². The number of rotatable bonds is 5. The maximum absolute atomic E-state index is 12.4. The summed E-state index contributed by atoms with van der Waals surface area (Å²) in [6.45, 7) is 1.80. The molecular formula is C22H27N3O3. The normalized spacial score (nSPS) is 14.4. The van der Waals surface area contributed by atoms with Crippen LogP contribution in [0.15, 0.2) is 54.6 Å². The summed E-state index contributed by atoms with van der Waals surface area (Å²) in [5.74, 6) is 0.845. The Bertz CT molecular complexity index is 782. The third-order valence-corrected chi connectivity index (χ3v) is 4.83. The van der Waals surface area contributed by atoms with Crippen LogP contribution >= 0.6 is 0 Å². The lowest BCUT2D eigenvalue weighted by atomic mass is 10.1. The van der Waals surface area contributed by atoms with E-state index in [-0.39, 0.29) is 18.0 Å². The lowest BCUT2D eigenvalue weighted by molar-refractivity contribution is 0.0827. The number of benzene rings is 2. The van der Waals surface area contributed by atoms with Crippen LogP contribution in [-0.2, 0) is 6.54 Å². The molecule has 0 spiro atoms.